The monoisotopic (exact) mass is 1510 g/mol. The van der Waals surface area contributed by atoms with Crippen molar-refractivity contribution in [2.24, 2.45) is 35.5 Å². The third kappa shape index (κ3) is 21.3. The molecule has 14 aliphatic carbocycles. The lowest BCUT2D eigenvalue weighted by atomic mass is 9.75. The van der Waals surface area contributed by atoms with Crippen molar-refractivity contribution in [3.05, 3.63) is 0 Å². The highest BCUT2D eigenvalue weighted by atomic mass is 16.5. The summed E-state index contributed by atoms with van der Waals surface area (Å²) < 4.78 is 23.9. The van der Waals surface area contributed by atoms with Crippen LogP contribution >= 0.6 is 0 Å². The Morgan fingerprint density at radius 3 is 0.370 bits per heavy atom. The first-order valence-corrected chi connectivity index (χ1v) is 48.3. The van der Waals surface area contributed by atoms with E-state index in [0.717, 1.165) is 48.1 Å². The standard InChI is InChI=1S/C94H168N6O8/c1-105-91-55-47-87(48-56-91)97(75-23-11-69(63-101)12-24-75)83-39-31-79(32-40-83)95(80-33-41-84(42-34-80)98(76-25-13-70(64-102)14-26-76)88-49-57-92(106-2)58-50-88)73-19-7-67(8-20-73)5-6-68-9-21-74(22-10-68)96(81-35-43-85(44-36-81)99(77-27-15-71(65-103)16-28-77)89-51-59-93(107-3)60-52-89)82-37-45-86(46-38-82)100(78-29-17-72(66-104)18-30-78)90-53-61-94(108-4)62-54-90/h67-94,101-104H,5-66H2,1-4H3. The van der Waals surface area contributed by atoms with Crippen LogP contribution in [0.5, 0.6) is 0 Å². The quantitative estimate of drug-likeness (QED) is 0.0565. The molecular weight excluding hydrogens is 1340 g/mol. The van der Waals surface area contributed by atoms with E-state index in [-0.39, 0.29) is 0 Å². The normalized spacial score (nSPS) is 43.3. The number of hydrogen-bond donors (Lipinski definition) is 4. The second-order valence-corrected chi connectivity index (χ2v) is 40.6. The Labute approximate surface area is 661 Å². The van der Waals surface area contributed by atoms with Crippen molar-refractivity contribution in [1.29, 1.82) is 0 Å². The van der Waals surface area contributed by atoms with E-state index in [4.69, 9.17) is 18.9 Å². The van der Waals surface area contributed by atoms with Gasteiger partial charge in [0.1, 0.15) is 0 Å². The van der Waals surface area contributed by atoms with Crippen LogP contribution in [0.1, 0.15) is 372 Å². The molecule has 0 radical (unpaired) electrons. The highest BCUT2D eigenvalue weighted by molar-refractivity contribution is 5.04. The Bertz CT molecular complexity index is 2040. The number of aliphatic hydroxyl groups is 4. The van der Waals surface area contributed by atoms with E-state index in [9.17, 15) is 20.4 Å². The molecule has 0 heterocycles. The van der Waals surface area contributed by atoms with E-state index < -0.39 is 0 Å². The minimum absolute atomic E-state index is 0.372. The van der Waals surface area contributed by atoms with Crippen LogP contribution in [-0.2, 0) is 18.9 Å². The van der Waals surface area contributed by atoms with Gasteiger partial charge in [-0.2, -0.15) is 0 Å². The predicted molar refractivity (Wildman–Crippen MR) is 439 cm³/mol. The molecule has 108 heavy (non-hydrogen) atoms. The summed E-state index contributed by atoms with van der Waals surface area (Å²) in [5.74, 6) is 3.83. The van der Waals surface area contributed by atoms with Gasteiger partial charge in [0.05, 0.1) is 24.4 Å². The molecule has 0 atom stereocenters. The van der Waals surface area contributed by atoms with Gasteiger partial charge in [0.15, 0.2) is 0 Å². The van der Waals surface area contributed by atoms with Gasteiger partial charge >= 0.3 is 0 Å². The number of aliphatic hydroxyl groups excluding tert-OH is 4. The zero-order chi connectivity index (χ0) is 74.3. The van der Waals surface area contributed by atoms with Crippen molar-refractivity contribution in [3.8, 4) is 0 Å². The Hall–Kier alpha value is -0.560. The number of ether oxygens (including phenoxy) is 4. The minimum atomic E-state index is 0.372. The number of methoxy groups -OCH3 is 4. The van der Waals surface area contributed by atoms with Gasteiger partial charge in [-0.1, -0.05) is 12.8 Å². The Kier molecular flexibility index (Phi) is 32.8. The molecule has 0 aromatic rings. The van der Waals surface area contributed by atoms with Gasteiger partial charge in [-0.15, -0.1) is 0 Å². The van der Waals surface area contributed by atoms with Gasteiger partial charge in [0, 0.05) is 164 Å². The fraction of sp³-hybridized carbons (Fsp3) is 1.00. The number of rotatable bonds is 29. The smallest absolute Gasteiger partial charge is 0.0572 e. The van der Waals surface area contributed by atoms with Gasteiger partial charge < -0.3 is 39.4 Å². The first-order chi connectivity index (χ1) is 53.1. The largest absolute Gasteiger partial charge is 0.396 e. The molecule has 0 amide bonds. The summed E-state index contributed by atoms with van der Waals surface area (Å²) in [6, 6.07) is 12.8. The van der Waals surface area contributed by atoms with E-state index >= 15 is 0 Å². The molecule has 0 spiro atoms. The molecule has 0 aliphatic heterocycles. The van der Waals surface area contributed by atoms with Gasteiger partial charge in [-0.25, -0.2) is 0 Å². The van der Waals surface area contributed by atoms with Crippen LogP contribution in [-0.4, -0.2) is 238 Å². The van der Waals surface area contributed by atoms with Gasteiger partial charge in [0.2, 0.25) is 0 Å². The number of nitrogens with zero attached hydrogens (tertiary/aromatic N) is 6. The fourth-order valence-corrected chi connectivity index (χ4v) is 28.7. The van der Waals surface area contributed by atoms with Crippen LogP contribution < -0.4 is 0 Å². The van der Waals surface area contributed by atoms with Gasteiger partial charge in [0.25, 0.3) is 0 Å². The zero-order valence-corrected chi connectivity index (χ0v) is 70.1. The molecule has 14 aliphatic rings. The summed E-state index contributed by atoms with van der Waals surface area (Å²) in [5, 5.41) is 41.0. The lowest BCUT2D eigenvalue weighted by Crippen LogP contribution is -2.58. The summed E-state index contributed by atoms with van der Waals surface area (Å²) in [4.78, 5) is 19.3. The molecule has 622 valence electrons. The van der Waals surface area contributed by atoms with Crippen LogP contribution in [0.15, 0.2) is 0 Å². The van der Waals surface area contributed by atoms with Crippen LogP contribution in [0.3, 0.4) is 0 Å². The van der Waals surface area contributed by atoms with Crippen molar-refractivity contribution in [2.45, 2.75) is 506 Å². The maximum absolute atomic E-state index is 10.3. The summed E-state index contributed by atoms with van der Waals surface area (Å²) in [6.45, 7) is 1.49. The zero-order valence-electron chi connectivity index (χ0n) is 70.1. The lowest BCUT2D eigenvalue weighted by Gasteiger charge is -2.54. The second-order valence-electron chi connectivity index (χ2n) is 40.6. The average Bonchev–Trinajstić information content (AvgIpc) is 0.789. The molecule has 4 N–H and O–H groups in total. The topological polar surface area (TPSA) is 137 Å². The lowest BCUT2D eigenvalue weighted by molar-refractivity contribution is -0.0484. The minimum Gasteiger partial charge on any atom is -0.396 e. The van der Waals surface area contributed by atoms with Crippen molar-refractivity contribution >= 4 is 0 Å². The maximum atomic E-state index is 10.3. The molecular formula is C94H168N6O8. The molecule has 0 unspecified atom stereocenters. The molecule has 0 saturated heterocycles. The molecule has 0 bridgehead atoms. The first-order valence-electron chi connectivity index (χ1n) is 48.3. The highest BCUT2D eigenvalue weighted by Crippen LogP contribution is 2.49. The van der Waals surface area contributed by atoms with Gasteiger partial charge in [-0.05, 0) is 395 Å². The SMILES string of the molecule is COC1CCC(N(C2CCC(CO)CC2)C2CCC(N(C3CCC(CCC4CCC(N(C5CCC(N(C6CCC(CO)CC6)C6CCC(OC)CC6)CC5)C5CCC(N(C6CCC(CO)CC6)C6CCC(OC)CC6)CC5)CC4)CC3)C3CCC(N(C4CCC(CO)CC4)C4CCC(OC)CC4)CC3)CC2)CC1. The molecule has 14 saturated carbocycles. The van der Waals surface area contributed by atoms with Crippen molar-refractivity contribution < 1.29 is 39.4 Å². The van der Waals surface area contributed by atoms with Crippen molar-refractivity contribution in [3.63, 3.8) is 0 Å². The summed E-state index contributed by atoms with van der Waals surface area (Å²) in [5.41, 5.74) is 0. The number of hydrogen-bond acceptors (Lipinski definition) is 14. The van der Waals surface area contributed by atoms with Crippen LogP contribution in [0.4, 0.5) is 0 Å². The first kappa shape index (κ1) is 83.9. The third-order valence-electron chi connectivity index (χ3n) is 35.1. The summed E-state index contributed by atoms with van der Waals surface area (Å²) in [7, 11) is 7.78. The predicted octanol–water partition coefficient (Wildman–Crippen LogP) is 18.0. The maximum Gasteiger partial charge on any atom is 0.0572 e. The van der Waals surface area contributed by atoms with Crippen molar-refractivity contribution in [1.82, 2.24) is 29.4 Å². The Morgan fingerprint density at radius 2 is 0.259 bits per heavy atom. The Balaban J connectivity index is 0.628. The molecule has 0 aromatic heterocycles. The van der Waals surface area contributed by atoms with Crippen LogP contribution in [0.2, 0.25) is 0 Å². The molecule has 0 aromatic carbocycles. The highest BCUT2D eigenvalue weighted by Gasteiger charge is 2.49. The van der Waals surface area contributed by atoms with E-state index in [2.05, 4.69) is 29.4 Å². The van der Waals surface area contributed by atoms with E-state index in [1.165, 1.54) is 372 Å². The average molecular weight is 1510 g/mol. The third-order valence-corrected chi connectivity index (χ3v) is 35.1. The van der Waals surface area contributed by atoms with Crippen LogP contribution in [0, 0.1) is 35.5 Å². The molecule has 14 rings (SSSR count). The van der Waals surface area contributed by atoms with Crippen LogP contribution in [0.25, 0.3) is 0 Å². The van der Waals surface area contributed by atoms with E-state index in [1.807, 2.05) is 28.4 Å². The fourth-order valence-electron chi connectivity index (χ4n) is 28.7. The summed E-state index contributed by atoms with van der Waals surface area (Å²) >= 11 is 0. The molecule has 14 nitrogen and oxygen atoms in total. The van der Waals surface area contributed by atoms with Gasteiger partial charge in [-0.3, -0.25) is 29.4 Å². The second kappa shape index (κ2) is 42.2. The molecule has 14 fully saturated rings. The van der Waals surface area contributed by atoms with Crippen molar-refractivity contribution in [2.75, 3.05) is 54.9 Å². The molecule has 14 heteroatoms. The van der Waals surface area contributed by atoms with E-state index in [1.54, 1.807) is 0 Å². The summed E-state index contributed by atoms with van der Waals surface area (Å²) in [6.07, 6.45) is 78.3. The Morgan fingerprint density at radius 1 is 0.157 bits per heavy atom. The van der Waals surface area contributed by atoms with E-state index in [0.29, 0.717) is 147 Å².